The van der Waals surface area contributed by atoms with Crippen molar-refractivity contribution in [1.82, 2.24) is 0 Å². The summed E-state index contributed by atoms with van der Waals surface area (Å²) < 4.78 is 5.51. The number of carbonyl (C=O) groups is 1. The molecule has 1 aromatic heterocycles. The van der Waals surface area contributed by atoms with Crippen molar-refractivity contribution in [1.29, 1.82) is 5.26 Å². The Bertz CT molecular complexity index is 554. The largest absolute Gasteiger partial charge is 0.447 e. The molecular formula is C12H7NO2S. The van der Waals surface area contributed by atoms with Crippen LogP contribution >= 0.6 is 11.3 Å². The molecule has 0 aliphatic heterocycles. The molecule has 0 unspecified atom stereocenters. The molecule has 78 valence electrons. The highest BCUT2D eigenvalue weighted by atomic mass is 32.1. The number of thiophene rings is 1. The van der Waals surface area contributed by atoms with Crippen LogP contribution in [0.3, 0.4) is 0 Å². The maximum Gasteiger partial charge on any atom is 0.181 e. The van der Waals surface area contributed by atoms with Gasteiger partial charge in [-0.1, -0.05) is 17.4 Å². The van der Waals surface area contributed by atoms with E-state index in [1.807, 2.05) is 6.07 Å². The third-order valence-corrected chi connectivity index (χ3v) is 2.79. The Morgan fingerprint density at radius 1 is 1.31 bits per heavy atom. The standard InChI is InChI=1S/C12H7NO2S/c13-7-9-2-1-3-10(6-9)15-12-5-4-11(8-14)16-12/h1-6,8H. The molecule has 2 aromatic rings. The van der Waals surface area contributed by atoms with E-state index in [0.29, 0.717) is 21.3 Å². The Kier molecular flexibility index (Phi) is 2.99. The van der Waals surface area contributed by atoms with Gasteiger partial charge >= 0.3 is 0 Å². The lowest BCUT2D eigenvalue weighted by Gasteiger charge is -2.01. The molecule has 0 aliphatic carbocycles. The van der Waals surface area contributed by atoms with Crippen LogP contribution in [-0.2, 0) is 0 Å². The van der Waals surface area contributed by atoms with Crippen LogP contribution in [0, 0.1) is 11.3 Å². The van der Waals surface area contributed by atoms with Crippen LogP contribution in [0.4, 0.5) is 0 Å². The predicted octanol–water partition coefficient (Wildman–Crippen LogP) is 3.22. The van der Waals surface area contributed by atoms with E-state index in [9.17, 15) is 4.79 Å². The average molecular weight is 229 g/mol. The lowest BCUT2D eigenvalue weighted by molar-refractivity contribution is 0.112. The van der Waals surface area contributed by atoms with Crippen molar-refractivity contribution in [2.75, 3.05) is 0 Å². The summed E-state index contributed by atoms with van der Waals surface area (Å²) in [5.41, 5.74) is 0.546. The molecule has 0 atom stereocenters. The molecule has 0 bridgehead atoms. The van der Waals surface area contributed by atoms with Gasteiger partial charge in [-0.05, 0) is 30.3 Å². The first-order valence-corrected chi connectivity index (χ1v) is 5.36. The Morgan fingerprint density at radius 2 is 2.19 bits per heavy atom. The molecule has 0 amide bonds. The fraction of sp³-hybridized carbons (Fsp3) is 0. The first-order valence-electron chi connectivity index (χ1n) is 4.55. The molecule has 4 heteroatoms. The lowest BCUT2D eigenvalue weighted by Crippen LogP contribution is -1.81. The summed E-state index contributed by atoms with van der Waals surface area (Å²) in [6.45, 7) is 0. The summed E-state index contributed by atoms with van der Waals surface area (Å²) in [6.07, 6.45) is 0.781. The van der Waals surface area contributed by atoms with E-state index in [0.717, 1.165) is 6.29 Å². The topological polar surface area (TPSA) is 50.1 Å². The van der Waals surface area contributed by atoms with Crippen molar-refractivity contribution < 1.29 is 9.53 Å². The van der Waals surface area contributed by atoms with Gasteiger partial charge < -0.3 is 4.74 Å². The van der Waals surface area contributed by atoms with Crippen molar-refractivity contribution in [2.24, 2.45) is 0 Å². The number of nitriles is 1. The van der Waals surface area contributed by atoms with E-state index in [-0.39, 0.29) is 0 Å². The van der Waals surface area contributed by atoms with E-state index < -0.39 is 0 Å². The lowest BCUT2D eigenvalue weighted by atomic mass is 10.2. The smallest absolute Gasteiger partial charge is 0.181 e. The van der Waals surface area contributed by atoms with Crippen LogP contribution in [0.15, 0.2) is 36.4 Å². The van der Waals surface area contributed by atoms with Crippen LogP contribution in [0.1, 0.15) is 15.2 Å². The fourth-order valence-corrected chi connectivity index (χ4v) is 1.89. The molecule has 0 aliphatic rings. The molecule has 0 spiro atoms. The van der Waals surface area contributed by atoms with Gasteiger partial charge in [0.25, 0.3) is 0 Å². The fourth-order valence-electron chi connectivity index (χ4n) is 1.20. The molecule has 0 radical (unpaired) electrons. The Labute approximate surface area is 96.5 Å². The van der Waals surface area contributed by atoms with Crippen LogP contribution in [0.2, 0.25) is 0 Å². The summed E-state index contributed by atoms with van der Waals surface area (Å²) in [6, 6.07) is 12.3. The summed E-state index contributed by atoms with van der Waals surface area (Å²) in [5.74, 6) is 0.596. The average Bonchev–Trinajstić information content (AvgIpc) is 2.77. The molecular weight excluding hydrogens is 222 g/mol. The zero-order valence-corrected chi connectivity index (χ0v) is 9.03. The SMILES string of the molecule is N#Cc1cccc(Oc2ccc(C=O)s2)c1. The molecule has 1 heterocycles. The highest BCUT2D eigenvalue weighted by Crippen LogP contribution is 2.28. The quantitative estimate of drug-likeness (QED) is 0.759. The van der Waals surface area contributed by atoms with Crippen LogP contribution in [0.25, 0.3) is 0 Å². The van der Waals surface area contributed by atoms with Gasteiger partial charge in [0, 0.05) is 0 Å². The summed E-state index contributed by atoms with van der Waals surface area (Å²) >= 11 is 1.27. The van der Waals surface area contributed by atoms with E-state index in [2.05, 4.69) is 0 Å². The van der Waals surface area contributed by atoms with Crippen molar-refractivity contribution in [2.45, 2.75) is 0 Å². The van der Waals surface area contributed by atoms with Crippen molar-refractivity contribution in [3.63, 3.8) is 0 Å². The number of hydrogen-bond donors (Lipinski definition) is 0. The van der Waals surface area contributed by atoms with Crippen molar-refractivity contribution >= 4 is 17.6 Å². The summed E-state index contributed by atoms with van der Waals surface area (Å²) in [7, 11) is 0. The zero-order valence-electron chi connectivity index (χ0n) is 8.21. The third kappa shape index (κ3) is 2.27. The molecule has 0 fully saturated rings. The summed E-state index contributed by atoms with van der Waals surface area (Å²) in [4.78, 5) is 11.1. The second-order valence-corrected chi connectivity index (χ2v) is 4.09. The molecule has 2 rings (SSSR count). The Balaban J connectivity index is 2.20. The normalized spacial score (nSPS) is 9.44. The Hall–Kier alpha value is -2.12. The van der Waals surface area contributed by atoms with Gasteiger partial charge in [-0.3, -0.25) is 4.79 Å². The molecule has 0 saturated heterocycles. The van der Waals surface area contributed by atoms with Gasteiger partial charge in [-0.25, -0.2) is 0 Å². The van der Waals surface area contributed by atoms with E-state index >= 15 is 0 Å². The van der Waals surface area contributed by atoms with E-state index in [1.165, 1.54) is 11.3 Å². The molecule has 0 N–H and O–H groups in total. The number of ether oxygens (including phenoxy) is 1. The predicted molar refractivity (Wildman–Crippen MR) is 60.9 cm³/mol. The van der Waals surface area contributed by atoms with Gasteiger partial charge in [0.15, 0.2) is 11.3 Å². The highest BCUT2D eigenvalue weighted by Gasteiger charge is 2.02. The van der Waals surface area contributed by atoms with Gasteiger partial charge in [0.05, 0.1) is 16.5 Å². The molecule has 0 saturated carbocycles. The molecule has 3 nitrogen and oxygen atoms in total. The van der Waals surface area contributed by atoms with Crippen LogP contribution < -0.4 is 4.74 Å². The van der Waals surface area contributed by atoms with Gasteiger partial charge in [-0.15, -0.1) is 0 Å². The number of carbonyl (C=O) groups excluding carboxylic acids is 1. The minimum Gasteiger partial charge on any atom is -0.447 e. The van der Waals surface area contributed by atoms with E-state index in [1.54, 1.807) is 36.4 Å². The van der Waals surface area contributed by atoms with Crippen molar-refractivity contribution in [3.05, 3.63) is 46.8 Å². The Morgan fingerprint density at radius 3 is 2.88 bits per heavy atom. The second kappa shape index (κ2) is 4.60. The first-order chi connectivity index (χ1) is 7.81. The number of benzene rings is 1. The molecule has 1 aromatic carbocycles. The number of hydrogen-bond acceptors (Lipinski definition) is 4. The van der Waals surface area contributed by atoms with Crippen LogP contribution in [-0.4, -0.2) is 6.29 Å². The second-order valence-electron chi connectivity index (χ2n) is 3.02. The number of aldehydes is 1. The number of nitrogens with zero attached hydrogens (tertiary/aromatic N) is 1. The zero-order chi connectivity index (χ0) is 11.4. The highest BCUT2D eigenvalue weighted by molar-refractivity contribution is 7.15. The van der Waals surface area contributed by atoms with Crippen molar-refractivity contribution in [3.8, 4) is 16.9 Å². The third-order valence-electron chi connectivity index (χ3n) is 1.90. The van der Waals surface area contributed by atoms with Gasteiger partial charge in [0.2, 0.25) is 0 Å². The van der Waals surface area contributed by atoms with E-state index in [4.69, 9.17) is 10.00 Å². The minimum atomic E-state index is 0.546. The monoisotopic (exact) mass is 229 g/mol. The minimum absolute atomic E-state index is 0.546. The maximum absolute atomic E-state index is 10.5. The number of rotatable bonds is 3. The van der Waals surface area contributed by atoms with Gasteiger partial charge in [0.1, 0.15) is 5.75 Å². The van der Waals surface area contributed by atoms with Gasteiger partial charge in [-0.2, -0.15) is 5.26 Å². The maximum atomic E-state index is 10.5. The van der Waals surface area contributed by atoms with Crippen LogP contribution in [0.5, 0.6) is 10.8 Å². The first kappa shape index (κ1) is 10.4. The molecule has 16 heavy (non-hydrogen) atoms. The summed E-state index contributed by atoms with van der Waals surface area (Å²) in [5, 5.41) is 9.36.